The highest BCUT2D eigenvalue weighted by Gasteiger charge is 2.34. The zero-order chi connectivity index (χ0) is 16.6. The second-order valence-electron chi connectivity index (χ2n) is 5.32. The van der Waals surface area contributed by atoms with Gasteiger partial charge in [0.15, 0.2) is 0 Å². The highest BCUT2D eigenvalue weighted by molar-refractivity contribution is 5.54. The smallest absolute Gasteiger partial charge is 0.258 e. The van der Waals surface area contributed by atoms with E-state index in [0.29, 0.717) is 17.9 Å². The van der Waals surface area contributed by atoms with E-state index in [0.717, 1.165) is 11.3 Å². The normalized spacial score (nSPS) is 16.5. The summed E-state index contributed by atoms with van der Waals surface area (Å²) in [7, 11) is 0. The van der Waals surface area contributed by atoms with Gasteiger partial charge in [-0.1, -0.05) is 0 Å². The van der Waals surface area contributed by atoms with E-state index in [1.807, 2.05) is 13.8 Å². The van der Waals surface area contributed by atoms with Gasteiger partial charge in [-0.25, -0.2) is 0 Å². The Labute approximate surface area is 133 Å². The van der Waals surface area contributed by atoms with Crippen LogP contribution in [0, 0.1) is 18.3 Å². The van der Waals surface area contributed by atoms with E-state index in [4.69, 9.17) is 10.5 Å². The van der Waals surface area contributed by atoms with Crippen LogP contribution in [0.4, 0.5) is 0 Å². The van der Waals surface area contributed by atoms with Crippen molar-refractivity contribution in [3.05, 3.63) is 69.2 Å². The zero-order valence-electron chi connectivity index (χ0n) is 12.9. The van der Waals surface area contributed by atoms with Crippen LogP contribution in [0.2, 0.25) is 0 Å². The van der Waals surface area contributed by atoms with Gasteiger partial charge < -0.3 is 15.0 Å². The first-order chi connectivity index (χ1) is 11.1. The van der Waals surface area contributed by atoms with Crippen LogP contribution in [0.1, 0.15) is 29.7 Å². The molecule has 0 unspecified atom stereocenters. The van der Waals surface area contributed by atoms with Gasteiger partial charge in [-0.2, -0.15) is 5.26 Å². The molecule has 0 saturated heterocycles. The summed E-state index contributed by atoms with van der Waals surface area (Å²) in [5.41, 5.74) is 8.01. The summed E-state index contributed by atoms with van der Waals surface area (Å²) in [4.78, 5) is 16.9. The highest BCUT2D eigenvalue weighted by Crippen LogP contribution is 2.40. The molecule has 0 spiro atoms. The Balaban J connectivity index is 2.35. The Bertz CT molecular complexity index is 891. The number of nitrogens with two attached hydrogens (primary N) is 1. The summed E-state index contributed by atoms with van der Waals surface area (Å²) in [6.45, 7) is 4.29. The van der Waals surface area contributed by atoms with Gasteiger partial charge in [-0.15, -0.1) is 0 Å². The Morgan fingerprint density at radius 1 is 1.43 bits per heavy atom. The molecule has 0 bridgehead atoms. The van der Waals surface area contributed by atoms with Crippen molar-refractivity contribution in [2.24, 2.45) is 5.73 Å². The molecular weight excluding hydrogens is 292 g/mol. The first-order valence-electron chi connectivity index (χ1n) is 7.30. The number of hydrogen-bond donors (Lipinski definition) is 1. The lowest BCUT2D eigenvalue weighted by molar-refractivity contribution is 0.388. The second kappa shape index (κ2) is 5.61. The molecule has 0 aromatic carbocycles. The largest absolute Gasteiger partial charge is 0.440 e. The van der Waals surface area contributed by atoms with Crippen LogP contribution in [0.15, 0.2) is 46.8 Å². The average molecular weight is 308 g/mol. The zero-order valence-corrected chi connectivity index (χ0v) is 12.9. The maximum Gasteiger partial charge on any atom is 0.258 e. The third kappa shape index (κ3) is 2.27. The lowest BCUT2D eigenvalue weighted by atomic mass is 9.84. The van der Waals surface area contributed by atoms with Crippen molar-refractivity contribution in [3.63, 3.8) is 0 Å². The number of nitrogens with zero attached hydrogens (tertiary/aromatic N) is 3. The molecule has 1 aliphatic heterocycles. The van der Waals surface area contributed by atoms with Gasteiger partial charge in [-0.05, 0) is 31.5 Å². The number of allylic oxidation sites excluding steroid dienone is 1. The molecule has 0 fully saturated rings. The molecule has 0 aliphatic carbocycles. The molecule has 2 aromatic heterocycles. The lowest BCUT2D eigenvalue weighted by Gasteiger charge is -2.27. The average Bonchev–Trinajstić information content (AvgIpc) is 2.54. The number of pyridine rings is 2. The number of aryl methyl sites for hydroxylation is 1. The SMILES string of the molecule is CCn1c(C)cc2c(c1=O)[C@@H](c1ccncc1)C(C#N)=C(N)O2. The van der Waals surface area contributed by atoms with Gasteiger partial charge in [0, 0.05) is 30.7 Å². The molecule has 2 aromatic rings. The van der Waals surface area contributed by atoms with Crippen LogP contribution >= 0.6 is 0 Å². The summed E-state index contributed by atoms with van der Waals surface area (Å²) in [5.74, 6) is -0.0944. The van der Waals surface area contributed by atoms with E-state index in [9.17, 15) is 10.1 Å². The van der Waals surface area contributed by atoms with E-state index in [1.54, 1.807) is 35.2 Å². The Kier molecular flexibility index (Phi) is 3.62. The minimum Gasteiger partial charge on any atom is -0.440 e. The van der Waals surface area contributed by atoms with Gasteiger partial charge >= 0.3 is 0 Å². The van der Waals surface area contributed by atoms with E-state index in [2.05, 4.69) is 11.1 Å². The van der Waals surface area contributed by atoms with Crippen LogP contribution < -0.4 is 16.0 Å². The topological polar surface area (TPSA) is 93.9 Å². The van der Waals surface area contributed by atoms with Gasteiger partial charge in [0.1, 0.15) is 17.4 Å². The molecular formula is C17H16N4O2. The summed E-state index contributed by atoms with van der Waals surface area (Å²) < 4.78 is 7.21. The first kappa shape index (κ1) is 14.9. The van der Waals surface area contributed by atoms with Gasteiger partial charge in [0.05, 0.1) is 11.5 Å². The van der Waals surface area contributed by atoms with E-state index in [1.165, 1.54) is 0 Å². The molecule has 6 heteroatoms. The standard InChI is InChI=1S/C17H16N4O2/c1-3-21-10(2)8-13-15(17(21)22)14(11-4-6-20-7-5-11)12(9-18)16(19)23-13/h4-8,14H,3,19H2,1-2H3/t14-/m0/s1. The van der Waals surface area contributed by atoms with Crippen molar-refractivity contribution in [1.29, 1.82) is 5.26 Å². The predicted molar refractivity (Wildman–Crippen MR) is 84.6 cm³/mol. The van der Waals surface area contributed by atoms with Crippen molar-refractivity contribution < 1.29 is 4.74 Å². The molecule has 0 amide bonds. The van der Waals surface area contributed by atoms with Crippen molar-refractivity contribution >= 4 is 0 Å². The highest BCUT2D eigenvalue weighted by atomic mass is 16.5. The molecule has 1 atom stereocenters. The number of hydrogen-bond acceptors (Lipinski definition) is 5. The third-order valence-corrected chi connectivity index (χ3v) is 4.05. The first-order valence-corrected chi connectivity index (χ1v) is 7.30. The molecule has 3 heterocycles. The number of aromatic nitrogens is 2. The van der Waals surface area contributed by atoms with Crippen molar-refractivity contribution in [2.75, 3.05) is 0 Å². The molecule has 23 heavy (non-hydrogen) atoms. The lowest BCUT2D eigenvalue weighted by Crippen LogP contribution is -2.32. The fraction of sp³-hybridized carbons (Fsp3) is 0.235. The van der Waals surface area contributed by atoms with Gasteiger partial charge in [-0.3, -0.25) is 9.78 Å². The van der Waals surface area contributed by atoms with Crippen LogP contribution in [0.5, 0.6) is 5.75 Å². The molecule has 1 aliphatic rings. The van der Waals surface area contributed by atoms with E-state index >= 15 is 0 Å². The Morgan fingerprint density at radius 3 is 2.74 bits per heavy atom. The molecule has 3 rings (SSSR count). The Hall–Kier alpha value is -3.07. The van der Waals surface area contributed by atoms with E-state index in [-0.39, 0.29) is 17.0 Å². The van der Waals surface area contributed by atoms with Gasteiger partial charge in [0.2, 0.25) is 5.88 Å². The fourth-order valence-electron chi connectivity index (χ4n) is 2.97. The fourth-order valence-corrected chi connectivity index (χ4v) is 2.97. The maximum absolute atomic E-state index is 12.9. The van der Waals surface area contributed by atoms with Crippen molar-refractivity contribution in [1.82, 2.24) is 9.55 Å². The van der Waals surface area contributed by atoms with Gasteiger partial charge in [0.25, 0.3) is 5.56 Å². The number of nitriles is 1. The quantitative estimate of drug-likeness (QED) is 0.912. The van der Waals surface area contributed by atoms with Crippen LogP contribution in [0.3, 0.4) is 0 Å². The molecule has 6 nitrogen and oxygen atoms in total. The summed E-state index contributed by atoms with van der Waals surface area (Å²) in [6, 6.07) is 7.43. The second-order valence-corrected chi connectivity index (χ2v) is 5.32. The predicted octanol–water partition coefficient (Wildman–Crippen LogP) is 1.79. The number of fused-ring (bicyclic) bond motifs is 1. The minimum atomic E-state index is -0.544. The summed E-state index contributed by atoms with van der Waals surface area (Å²) in [5, 5.41) is 9.50. The minimum absolute atomic E-state index is 0.0369. The molecule has 0 saturated carbocycles. The Morgan fingerprint density at radius 2 is 2.13 bits per heavy atom. The van der Waals surface area contributed by atoms with Crippen LogP contribution in [-0.2, 0) is 6.54 Å². The van der Waals surface area contributed by atoms with E-state index < -0.39 is 5.92 Å². The summed E-state index contributed by atoms with van der Waals surface area (Å²) in [6.07, 6.45) is 3.25. The van der Waals surface area contributed by atoms with Crippen molar-refractivity contribution in [3.8, 4) is 11.8 Å². The maximum atomic E-state index is 12.9. The van der Waals surface area contributed by atoms with Crippen LogP contribution in [0.25, 0.3) is 0 Å². The molecule has 0 radical (unpaired) electrons. The summed E-state index contributed by atoms with van der Waals surface area (Å²) >= 11 is 0. The number of rotatable bonds is 2. The van der Waals surface area contributed by atoms with Crippen LogP contribution in [-0.4, -0.2) is 9.55 Å². The monoisotopic (exact) mass is 308 g/mol. The molecule has 2 N–H and O–H groups in total. The van der Waals surface area contributed by atoms with Crippen molar-refractivity contribution in [2.45, 2.75) is 26.3 Å². The number of ether oxygens (including phenoxy) is 1. The molecule has 116 valence electrons. The third-order valence-electron chi connectivity index (χ3n) is 4.05.